The Morgan fingerprint density at radius 1 is 0.952 bits per heavy atom. The monoisotopic (exact) mass is 271 g/mol. The van der Waals surface area contributed by atoms with E-state index in [9.17, 15) is 0 Å². The molecule has 1 unspecified atom stereocenters. The molecule has 0 radical (unpaired) electrons. The zero-order chi connectivity index (χ0) is 14.2. The van der Waals surface area contributed by atoms with E-state index in [4.69, 9.17) is 4.98 Å². The van der Waals surface area contributed by atoms with E-state index in [-0.39, 0.29) is 0 Å². The summed E-state index contributed by atoms with van der Waals surface area (Å²) in [5.41, 5.74) is 4.91. The van der Waals surface area contributed by atoms with Gasteiger partial charge in [0.1, 0.15) is 0 Å². The molecule has 0 saturated heterocycles. The molecule has 1 aromatic heterocycles. The van der Waals surface area contributed by atoms with Crippen LogP contribution in [0, 0.1) is 0 Å². The van der Waals surface area contributed by atoms with Gasteiger partial charge >= 0.3 is 0 Å². The molecule has 0 spiro atoms. The van der Waals surface area contributed by atoms with Crippen LogP contribution >= 0.6 is 0 Å². The van der Waals surface area contributed by atoms with Gasteiger partial charge in [0.25, 0.3) is 0 Å². The molecule has 0 amide bonds. The highest BCUT2D eigenvalue weighted by atomic mass is 14.7. The van der Waals surface area contributed by atoms with Crippen molar-refractivity contribution in [3.8, 4) is 11.1 Å². The highest BCUT2D eigenvalue weighted by Crippen LogP contribution is 2.31. The smallest absolute Gasteiger partial charge is 0.0507 e. The first kappa shape index (κ1) is 12.3. The number of pyridine rings is 1. The molecule has 1 heterocycles. The Kier molecular flexibility index (Phi) is 2.85. The summed E-state index contributed by atoms with van der Waals surface area (Å²) < 4.78 is 0. The van der Waals surface area contributed by atoms with E-state index in [0.29, 0.717) is 5.92 Å². The Morgan fingerprint density at radius 3 is 2.71 bits per heavy atom. The van der Waals surface area contributed by atoms with Crippen molar-refractivity contribution >= 4 is 16.8 Å². The molecule has 1 aliphatic rings. The van der Waals surface area contributed by atoms with Gasteiger partial charge < -0.3 is 0 Å². The van der Waals surface area contributed by atoms with Crippen LogP contribution in [-0.2, 0) is 0 Å². The van der Waals surface area contributed by atoms with Gasteiger partial charge in [0.05, 0.1) is 5.69 Å². The minimum atomic E-state index is 0.524. The number of nitrogens with zero attached hydrogens (tertiary/aromatic N) is 1. The Labute approximate surface area is 125 Å². The molecular weight excluding hydrogens is 254 g/mol. The van der Waals surface area contributed by atoms with Crippen molar-refractivity contribution in [1.82, 2.24) is 4.98 Å². The average molecular weight is 271 g/mol. The fourth-order valence-electron chi connectivity index (χ4n) is 3.08. The molecule has 0 saturated carbocycles. The summed E-state index contributed by atoms with van der Waals surface area (Å²) >= 11 is 0. The molecule has 4 rings (SSSR count). The molecule has 1 atom stereocenters. The van der Waals surface area contributed by atoms with Crippen LogP contribution in [-0.4, -0.2) is 4.98 Å². The van der Waals surface area contributed by atoms with Crippen molar-refractivity contribution in [3.05, 3.63) is 72.1 Å². The highest BCUT2D eigenvalue weighted by molar-refractivity contribution is 5.87. The zero-order valence-corrected chi connectivity index (χ0v) is 12.1. The number of hydrogen-bond donors (Lipinski definition) is 0. The Balaban J connectivity index is 1.84. The van der Waals surface area contributed by atoms with Gasteiger partial charge in [0.15, 0.2) is 0 Å². The molecule has 0 fully saturated rings. The average Bonchev–Trinajstić information content (AvgIpc) is 2.54. The van der Waals surface area contributed by atoms with Crippen LogP contribution < -0.4 is 0 Å². The second-order valence-corrected chi connectivity index (χ2v) is 5.80. The lowest BCUT2D eigenvalue weighted by Crippen LogP contribution is -2.03. The van der Waals surface area contributed by atoms with Crippen molar-refractivity contribution in [2.24, 2.45) is 0 Å². The summed E-state index contributed by atoms with van der Waals surface area (Å²) in [5.74, 6) is 0.524. The minimum absolute atomic E-state index is 0.524. The lowest BCUT2D eigenvalue weighted by Gasteiger charge is -2.17. The van der Waals surface area contributed by atoms with E-state index in [1.807, 2.05) is 6.20 Å². The van der Waals surface area contributed by atoms with E-state index in [1.165, 1.54) is 33.2 Å². The Morgan fingerprint density at radius 2 is 1.81 bits per heavy atom. The molecule has 102 valence electrons. The van der Waals surface area contributed by atoms with Gasteiger partial charge in [-0.3, -0.25) is 4.98 Å². The Bertz CT molecular complexity index is 845. The fraction of sp³-hybridized carbons (Fsp3) is 0.150. The van der Waals surface area contributed by atoms with Crippen molar-refractivity contribution in [2.75, 3.05) is 0 Å². The third-order valence-electron chi connectivity index (χ3n) is 4.29. The van der Waals surface area contributed by atoms with Crippen LogP contribution in [0.3, 0.4) is 0 Å². The quantitative estimate of drug-likeness (QED) is 0.575. The molecule has 3 aromatic rings. The lowest BCUT2D eigenvalue weighted by molar-refractivity contribution is 0.740. The van der Waals surface area contributed by atoms with Gasteiger partial charge in [-0.2, -0.15) is 0 Å². The predicted molar refractivity (Wildman–Crippen MR) is 89.2 cm³/mol. The summed E-state index contributed by atoms with van der Waals surface area (Å²) in [6.07, 6.45) is 7.56. The second kappa shape index (κ2) is 4.85. The van der Waals surface area contributed by atoms with Crippen LogP contribution in [0.25, 0.3) is 28.0 Å². The Hall–Kier alpha value is -2.41. The molecular formula is C20H17N. The topological polar surface area (TPSA) is 12.9 Å². The van der Waals surface area contributed by atoms with E-state index in [0.717, 1.165) is 6.42 Å². The first-order valence-electron chi connectivity index (χ1n) is 7.47. The molecule has 1 heteroatoms. The van der Waals surface area contributed by atoms with Gasteiger partial charge in [0.2, 0.25) is 0 Å². The summed E-state index contributed by atoms with van der Waals surface area (Å²) in [7, 11) is 0. The van der Waals surface area contributed by atoms with Crippen LogP contribution in [0.5, 0.6) is 0 Å². The van der Waals surface area contributed by atoms with Crippen molar-refractivity contribution < 1.29 is 0 Å². The van der Waals surface area contributed by atoms with Crippen molar-refractivity contribution in [3.63, 3.8) is 0 Å². The van der Waals surface area contributed by atoms with Gasteiger partial charge in [-0.1, -0.05) is 55.5 Å². The maximum atomic E-state index is 4.71. The number of hydrogen-bond acceptors (Lipinski definition) is 1. The van der Waals surface area contributed by atoms with E-state index in [2.05, 4.69) is 67.6 Å². The zero-order valence-electron chi connectivity index (χ0n) is 12.1. The van der Waals surface area contributed by atoms with Crippen LogP contribution in [0.1, 0.15) is 30.5 Å². The lowest BCUT2D eigenvalue weighted by atomic mass is 9.91. The van der Waals surface area contributed by atoms with Gasteiger partial charge in [-0.05, 0) is 40.5 Å². The number of aromatic nitrogens is 1. The molecule has 0 aliphatic heterocycles. The third-order valence-corrected chi connectivity index (χ3v) is 4.29. The fourth-order valence-corrected chi connectivity index (χ4v) is 3.08. The summed E-state index contributed by atoms with van der Waals surface area (Å²) in [5, 5.41) is 2.55. The number of rotatable bonds is 1. The predicted octanol–water partition coefficient (Wildman–Crippen LogP) is 5.42. The first-order chi connectivity index (χ1) is 10.3. The van der Waals surface area contributed by atoms with Gasteiger partial charge in [-0.25, -0.2) is 0 Å². The highest BCUT2D eigenvalue weighted by Gasteiger charge is 2.14. The molecule has 1 nitrogen and oxygen atoms in total. The van der Waals surface area contributed by atoms with E-state index >= 15 is 0 Å². The number of benzene rings is 2. The minimum Gasteiger partial charge on any atom is -0.260 e. The first-order valence-corrected chi connectivity index (χ1v) is 7.47. The van der Waals surface area contributed by atoms with Crippen molar-refractivity contribution in [2.45, 2.75) is 19.3 Å². The van der Waals surface area contributed by atoms with Crippen LogP contribution in [0.15, 0.2) is 60.8 Å². The van der Waals surface area contributed by atoms with E-state index < -0.39 is 0 Å². The molecule has 0 N–H and O–H groups in total. The molecule has 2 aromatic carbocycles. The number of allylic oxidation sites excluding steroid dienone is 1. The normalized spacial score (nSPS) is 16.9. The summed E-state index contributed by atoms with van der Waals surface area (Å²) in [6, 6.07) is 17.3. The largest absolute Gasteiger partial charge is 0.260 e. The van der Waals surface area contributed by atoms with E-state index in [1.54, 1.807) is 0 Å². The summed E-state index contributed by atoms with van der Waals surface area (Å²) in [6.45, 7) is 2.24. The summed E-state index contributed by atoms with van der Waals surface area (Å²) in [4.78, 5) is 4.71. The maximum Gasteiger partial charge on any atom is 0.0507 e. The van der Waals surface area contributed by atoms with Gasteiger partial charge in [0, 0.05) is 17.7 Å². The molecule has 0 bridgehead atoms. The standard InChI is InChI=1S/C20H17N/c1-14-5-4-8-18-12-19(13-21-20(14)18)17-10-9-15-6-2-3-7-16(15)11-17/h2-4,6-14H,5H2,1H3. The van der Waals surface area contributed by atoms with Crippen molar-refractivity contribution in [1.29, 1.82) is 0 Å². The SMILES string of the molecule is CC1CC=Cc2cc(-c3ccc4ccccc4c3)cnc21. The number of fused-ring (bicyclic) bond motifs is 2. The second-order valence-electron chi connectivity index (χ2n) is 5.80. The van der Waals surface area contributed by atoms with Gasteiger partial charge in [-0.15, -0.1) is 0 Å². The molecule has 21 heavy (non-hydrogen) atoms. The molecule has 1 aliphatic carbocycles. The van der Waals surface area contributed by atoms with Crippen LogP contribution in [0.2, 0.25) is 0 Å². The third kappa shape index (κ3) is 2.15. The maximum absolute atomic E-state index is 4.71. The van der Waals surface area contributed by atoms with Crippen LogP contribution in [0.4, 0.5) is 0 Å².